The fraction of sp³-hybridized carbons (Fsp3) is 0. The van der Waals surface area contributed by atoms with Gasteiger partial charge in [-0.15, -0.1) is 0 Å². The summed E-state index contributed by atoms with van der Waals surface area (Å²) >= 11 is 3.65. The Morgan fingerprint density at radius 3 is 2.45 bits per heavy atom. The number of hydrogen-bond acceptors (Lipinski definition) is 5. The van der Waals surface area contributed by atoms with Gasteiger partial charge in [-0.2, -0.15) is 4.98 Å². The molecule has 2 aromatic heterocycles. The van der Waals surface area contributed by atoms with Crippen LogP contribution in [-0.4, -0.2) is 15.0 Å². The monoisotopic (exact) mass is 441 g/mol. The van der Waals surface area contributed by atoms with Gasteiger partial charge in [-0.05, 0) is 35.2 Å². The molecule has 0 radical (unpaired) electrons. The van der Waals surface area contributed by atoms with Gasteiger partial charge in [0.15, 0.2) is 5.82 Å². The fourth-order valence-electron chi connectivity index (χ4n) is 3.47. The van der Waals surface area contributed by atoms with Gasteiger partial charge in [0.25, 0.3) is 0 Å². The number of benzene rings is 3. The molecule has 6 heteroatoms. The topological polar surface area (TPSA) is 67.9 Å². The van der Waals surface area contributed by atoms with Crippen LogP contribution in [0.4, 0.5) is 17.5 Å². The Morgan fingerprint density at radius 1 is 0.793 bits per heavy atom. The number of pyridine rings is 1. The lowest BCUT2D eigenvalue weighted by Crippen LogP contribution is -2.07. The van der Waals surface area contributed by atoms with Gasteiger partial charge in [-0.25, -0.2) is 4.98 Å². The van der Waals surface area contributed by atoms with E-state index in [-0.39, 0.29) is 5.95 Å². The minimum Gasteiger partial charge on any atom is -0.368 e. The van der Waals surface area contributed by atoms with Gasteiger partial charge in [-0.3, -0.25) is 8.91 Å². The molecule has 0 unspecified atom stereocenters. The molecule has 0 amide bonds. The predicted octanol–water partition coefficient (Wildman–Crippen LogP) is 5.88. The first-order chi connectivity index (χ1) is 14.2. The van der Waals surface area contributed by atoms with Crippen LogP contribution in [0, 0.1) is 0 Å². The lowest BCUT2D eigenvalue weighted by atomic mass is 9.99. The molecule has 3 aromatic carbocycles. The van der Waals surface area contributed by atoms with Crippen LogP contribution in [-0.2, 0) is 0 Å². The Bertz CT molecular complexity index is 1330. The molecule has 0 saturated carbocycles. The number of hydrogen-bond donors (Lipinski definition) is 1. The highest BCUT2D eigenvalue weighted by atomic mass is 79.9. The second kappa shape index (κ2) is 7.14. The van der Waals surface area contributed by atoms with E-state index in [4.69, 9.17) is 5.73 Å². The molecule has 0 bridgehead atoms. The van der Waals surface area contributed by atoms with Crippen LogP contribution in [0.1, 0.15) is 0 Å². The van der Waals surface area contributed by atoms with Crippen molar-refractivity contribution in [1.82, 2.24) is 15.0 Å². The van der Waals surface area contributed by atoms with Crippen LogP contribution in [0.2, 0.25) is 0 Å². The molecule has 29 heavy (non-hydrogen) atoms. The van der Waals surface area contributed by atoms with E-state index in [1.165, 1.54) is 0 Å². The van der Waals surface area contributed by atoms with E-state index in [2.05, 4.69) is 49.3 Å². The largest absolute Gasteiger partial charge is 0.368 e. The summed E-state index contributed by atoms with van der Waals surface area (Å²) in [5.74, 6) is 0.918. The molecule has 5 rings (SSSR count). The van der Waals surface area contributed by atoms with Crippen molar-refractivity contribution in [2.75, 3.05) is 9.66 Å². The number of aromatic nitrogens is 3. The van der Waals surface area contributed by atoms with Crippen molar-refractivity contribution < 1.29 is 0 Å². The van der Waals surface area contributed by atoms with Gasteiger partial charge in [0.1, 0.15) is 0 Å². The van der Waals surface area contributed by atoms with Gasteiger partial charge in [0.2, 0.25) is 5.95 Å². The van der Waals surface area contributed by atoms with Crippen molar-refractivity contribution in [2.24, 2.45) is 0 Å². The maximum Gasteiger partial charge on any atom is 0.222 e. The van der Waals surface area contributed by atoms with E-state index in [9.17, 15) is 0 Å². The summed E-state index contributed by atoms with van der Waals surface area (Å²) in [5.41, 5.74) is 9.83. The molecule has 0 aliphatic heterocycles. The number of rotatable bonds is 3. The summed E-state index contributed by atoms with van der Waals surface area (Å²) < 4.78 is 1.85. The molecule has 2 heterocycles. The number of fused-ring (bicyclic) bond motifs is 2. The molecule has 0 fully saturated rings. The van der Waals surface area contributed by atoms with Crippen molar-refractivity contribution in [3.63, 3.8) is 0 Å². The molecule has 140 valence electrons. The second-order valence-electron chi connectivity index (χ2n) is 6.66. The van der Waals surface area contributed by atoms with Crippen LogP contribution in [0.15, 0.2) is 85.2 Å². The Labute approximate surface area is 176 Å². The zero-order valence-corrected chi connectivity index (χ0v) is 16.9. The molecule has 5 nitrogen and oxygen atoms in total. The third kappa shape index (κ3) is 3.17. The molecule has 2 N–H and O–H groups in total. The first-order valence-electron chi connectivity index (χ1n) is 9.12. The summed E-state index contributed by atoms with van der Waals surface area (Å²) in [6, 6.07) is 24.3. The molecule has 0 atom stereocenters. The van der Waals surface area contributed by atoms with Crippen molar-refractivity contribution in [1.29, 1.82) is 0 Å². The molecular weight excluding hydrogens is 426 g/mol. The normalized spacial score (nSPS) is 11.1. The van der Waals surface area contributed by atoms with Crippen molar-refractivity contribution >= 4 is 55.3 Å². The number of halogens is 1. The maximum atomic E-state index is 5.98. The zero-order chi connectivity index (χ0) is 19.8. The van der Waals surface area contributed by atoms with E-state index >= 15 is 0 Å². The van der Waals surface area contributed by atoms with Gasteiger partial charge in [0, 0.05) is 28.7 Å². The number of nitrogens with zero attached hydrogens (tertiary/aromatic N) is 4. The molecular formula is C23H16BrN5. The Hall–Kier alpha value is -3.51. The lowest BCUT2D eigenvalue weighted by Gasteiger charge is -2.18. The minimum absolute atomic E-state index is 0.229. The summed E-state index contributed by atoms with van der Waals surface area (Å²) in [6.07, 6.45) is 3.77. The number of anilines is 3. The van der Waals surface area contributed by atoms with E-state index in [1.807, 2.05) is 70.9 Å². The minimum atomic E-state index is 0.229. The van der Waals surface area contributed by atoms with E-state index in [1.54, 1.807) is 0 Å². The van der Waals surface area contributed by atoms with Crippen molar-refractivity contribution in [3.8, 4) is 11.1 Å². The van der Waals surface area contributed by atoms with Crippen molar-refractivity contribution in [2.45, 2.75) is 0 Å². The van der Waals surface area contributed by atoms with Crippen LogP contribution in [0.25, 0.3) is 32.8 Å². The molecule has 0 spiro atoms. The third-order valence-corrected chi connectivity index (χ3v) is 5.59. The quantitative estimate of drug-likeness (QED) is 0.354. The van der Waals surface area contributed by atoms with Crippen LogP contribution in [0.5, 0.6) is 0 Å². The van der Waals surface area contributed by atoms with Gasteiger partial charge in [-0.1, -0.05) is 48.5 Å². The molecule has 0 saturated heterocycles. The third-order valence-electron chi connectivity index (χ3n) is 4.84. The highest BCUT2D eigenvalue weighted by Gasteiger charge is 2.15. The molecule has 0 aliphatic rings. The maximum absolute atomic E-state index is 5.98. The SMILES string of the molecule is Nc1nc(N(Br)c2ccccc2)c2cc(-c3cncc4ccccc34)ccc2n1. The van der Waals surface area contributed by atoms with E-state index in [0.29, 0.717) is 5.82 Å². The predicted molar refractivity (Wildman–Crippen MR) is 122 cm³/mol. The van der Waals surface area contributed by atoms with Crippen LogP contribution in [0.3, 0.4) is 0 Å². The second-order valence-corrected chi connectivity index (χ2v) is 7.37. The zero-order valence-electron chi connectivity index (χ0n) is 15.3. The van der Waals surface area contributed by atoms with Crippen LogP contribution < -0.4 is 9.66 Å². The lowest BCUT2D eigenvalue weighted by molar-refractivity contribution is 1.21. The Balaban J connectivity index is 1.73. The fourth-order valence-corrected chi connectivity index (χ4v) is 3.98. The molecule has 5 aromatic rings. The molecule has 0 aliphatic carbocycles. The first kappa shape index (κ1) is 17.6. The van der Waals surface area contributed by atoms with Gasteiger partial charge in [0.05, 0.1) is 27.4 Å². The van der Waals surface area contributed by atoms with Crippen molar-refractivity contribution in [3.05, 3.63) is 85.2 Å². The standard InChI is InChI=1S/C23H16BrN5/c24-29(17-7-2-1-3-8-17)22-19-12-15(10-11-21(19)27-23(25)28-22)20-14-26-13-16-6-4-5-9-18(16)20/h1-14H,(H2,25,27,28). The average molecular weight is 442 g/mol. The summed E-state index contributed by atoms with van der Waals surface area (Å²) in [5, 5.41) is 3.15. The smallest absolute Gasteiger partial charge is 0.222 e. The Kier molecular flexibility index (Phi) is 4.33. The van der Waals surface area contributed by atoms with Crippen LogP contribution >= 0.6 is 16.1 Å². The van der Waals surface area contributed by atoms with Gasteiger partial charge >= 0.3 is 0 Å². The highest BCUT2D eigenvalue weighted by molar-refractivity contribution is 9.10. The Morgan fingerprint density at radius 2 is 1.59 bits per heavy atom. The average Bonchev–Trinajstić information content (AvgIpc) is 2.78. The van der Waals surface area contributed by atoms with E-state index in [0.717, 1.165) is 38.5 Å². The highest BCUT2D eigenvalue weighted by Crippen LogP contribution is 2.36. The van der Waals surface area contributed by atoms with E-state index < -0.39 is 0 Å². The summed E-state index contributed by atoms with van der Waals surface area (Å²) in [4.78, 5) is 13.3. The number of nitrogens with two attached hydrogens (primary N) is 1. The number of nitrogen functional groups attached to an aromatic ring is 1. The summed E-state index contributed by atoms with van der Waals surface area (Å²) in [6.45, 7) is 0. The first-order valence-corrected chi connectivity index (χ1v) is 9.83. The summed E-state index contributed by atoms with van der Waals surface area (Å²) in [7, 11) is 0. The number of para-hydroxylation sites is 1. The van der Waals surface area contributed by atoms with Gasteiger partial charge < -0.3 is 5.73 Å².